The lowest BCUT2D eigenvalue weighted by atomic mass is 10.6. The quantitative estimate of drug-likeness (QED) is 0.329. The number of aliphatic hydroxyl groups excluding tert-OH is 1. The van der Waals surface area contributed by atoms with Crippen LogP contribution in [-0.2, 0) is 0 Å². The maximum Gasteiger partial charge on any atom is 0.202 e. The van der Waals surface area contributed by atoms with Gasteiger partial charge in [0.25, 0.3) is 0 Å². The summed E-state index contributed by atoms with van der Waals surface area (Å²) in [6, 6.07) is 0. The zero-order chi connectivity index (χ0) is 6.57. The summed E-state index contributed by atoms with van der Waals surface area (Å²) in [7, 11) is 1.61. The van der Waals surface area contributed by atoms with Crippen LogP contribution in [-0.4, -0.2) is 23.9 Å². The Hall–Kier alpha value is -0.990. The second kappa shape index (κ2) is 3.07. The molecule has 1 N–H and O–H groups in total. The summed E-state index contributed by atoms with van der Waals surface area (Å²) in [4.78, 5) is 0. The lowest BCUT2D eigenvalue weighted by molar-refractivity contribution is 0.240. The van der Waals surface area contributed by atoms with E-state index in [4.69, 9.17) is 5.11 Å². The number of nitrogens with zero attached hydrogens (tertiary/aromatic N) is 2. The Balaban J connectivity index is 3.81. The molecular weight excluding hydrogens is 104 g/mol. The molecule has 0 radical (unpaired) electrons. The molecule has 0 aromatic heterocycles. The predicted molar refractivity (Wildman–Crippen MR) is 33.7 cm³/mol. The molecule has 0 saturated heterocycles. The molecule has 0 aromatic carbocycles. The average molecular weight is 114 g/mol. The second-order valence-corrected chi connectivity index (χ2v) is 1.31. The van der Waals surface area contributed by atoms with Crippen LogP contribution in [0, 0.1) is 0 Å². The number of aliphatic hydroxyl groups is 1. The normalized spacial score (nSPS) is 11.0. The van der Waals surface area contributed by atoms with Crippen LogP contribution in [0.3, 0.4) is 0 Å². The van der Waals surface area contributed by atoms with E-state index < -0.39 is 0 Å². The maximum atomic E-state index is 8.78. The fourth-order valence-electron chi connectivity index (χ4n) is 0.259. The summed E-state index contributed by atoms with van der Waals surface area (Å²) in [5.41, 5.74) is 0. The standard InChI is InChI=1S/C5H10N2O/c1-4-5(8)7(3)6-2/h4,8H,2H2,1,3H3/b5-4+. The third-order valence-electron chi connectivity index (χ3n) is 0.802. The fourth-order valence-corrected chi connectivity index (χ4v) is 0.259. The Labute approximate surface area is 48.9 Å². The van der Waals surface area contributed by atoms with Crippen molar-refractivity contribution in [1.29, 1.82) is 0 Å². The van der Waals surface area contributed by atoms with E-state index in [0.717, 1.165) is 0 Å². The number of rotatable bonds is 2. The van der Waals surface area contributed by atoms with E-state index >= 15 is 0 Å². The minimum absolute atomic E-state index is 0.111. The molecule has 0 atom stereocenters. The van der Waals surface area contributed by atoms with Gasteiger partial charge in [0.05, 0.1) is 0 Å². The van der Waals surface area contributed by atoms with Gasteiger partial charge in [-0.15, -0.1) is 0 Å². The molecule has 0 bridgehead atoms. The van der Waals surface area contributed by atoms with Crippen LogP contribution in [0.25, 0.3) is 0 Å². The molecule has 0 unspecified atom stereocenters. The maximum absolute atomic E-state index is 8.78. The van der Waals surface area contributed by atoms with Gasteiger partial charge in [-0.25, -0.2) is 5.01 Å². The van der Waals surface area contributed by atoms with Gasteiger partial charge in [0.15, 0.2) is 0 Å². The molecule has 0 fully saturated rings. The van der Waals surface area contributed by atoms with Gasteiger partial charge in [0.1, 0.15) is 0 Å². The molecule has 0 spiro atoms. The molecule has 0 amide bonds. The first-order chi connectivity index (χ1) is 3.72. The largest absolute Gasteiger partial charge is 0.494 e. The van der Waals surface area contributed by atoms with E-state index in [2.05, 4.69) is 11.8 Å². The zero-order valence-corrected chi connectivity index (χ0v) is 5.13. The molecule has 0 aliphatic rings. The van der Waals surface area contributed by atoms with Crippen LogP contribution in [0.2, 0.25) is 0 Å². The molecule has 0 heterocycles. The van der Waals surface area contributed by atoms with Crippen LogP contribution in [0.1, 0.15) is 6.92 Å². The van der Waals surface area contributed by atoms with Crippen molar-refractivity contribution in [3.63, 3.8) is 0 Å². The Kier molecular flexibility index (Phi) is 2.69. The van der Waals surface area contributed by atoms with Gasteiger partial charge in [0, 0.05) is 13.8 Å². The van der Waals surface area contributed by atoms with Crippen LogP contribution in [0.5, 0.6) is 0 Å². The van der Waals surface area contributed by atoms with Crippen molar-refractivity contribution in [2.24, 2.45) is 5.10 Å². The minimum Gasteiger partial charge on any atom is -0.494 e. The first-order valence-electron chi connectivity index (χ1n) is 2.28. The van der Waals surface area contributed by atoms with Crippen LogP contribution < -0.4 is 0 Å². The van der Waals surface area contributed by atoms with Gasteiger partial charge in [-0.3, -0.25) is 0 Å². The minimum atomic E-state index is 0.111. The zero-order valence-electron chi connectivity index (χ0n) is 5.13. The highest BCUT2D eigenvalue weighted by atomic mass is 16.3. The summed E-state index contributed by atoms with van der Waals surface area (Å²) in [6.07, 6.45) is 1.54. The third kappa shape index (κ3) is 1.64. The molecule has 0 aromatic rings. The van der Waals surface area contributed by atoms with Gasteiger partial charge in [-0.2, -0.15) is 5.10 Å². The summed E-state index contributed by atoms with van der Waals surface area (Å²) in [5.74, 6) is 0.111. The number of hydrogen-bond acceptors (Lipinski definition) is 3. The van der Waals surface area contributed by atoms with Crippen molar-refractivity contribution in [2.45, 2.75) is 6.92 Å². The number of hydrogen-bond donors (Lipinski definition) is 1. The molecule has 0 aliphatic carbocycles. The number of allylic oxidation sites excluding steroid dienone is 1. The van der Waals surface area contributed by atoms with Crippen molar-refractivity contribution < 1.29 is 5.11 Å². The van der Waals surface area contributed by atoms with Gasteiger partial charge < -0.3 is 5.11 Å². The Morgan fingerprint density at radius 1 is 1.88 bits per heavy atom. The highest BCUT2D eigenvalue weighted by molar-refractivity contribution is 5.22. The molecule has 3 heteroatoms. The first kappa shape index (κ1) is 7.01. The monoisotopic (exact) mass is 114 g/mol. The van der Waals surface area contributed by atoms with Crippen LogP contribution in [0.15, 0.2) is 17.1 Å². The molecule has 0 aliphatic heterocycles. The van der Waals surface area contributed by atoms with Crippen molar-refractivity contribution in [1.82, 2.24) is 5.01 Å². The first-order valence-corrected chi connectivity index (χ1v) is 2.28. The van der Waals surface area contributed by atoms with Crippen molar-refractivity contribution >= 4 is 6.72 Å². The lowest BCUT2D eigenvalue weighted by Gasteiger charge is -2.07. The SMILES string of the molecule is C=NN(C)/C(O)=C\C. The molecule has 0 saturated carbocycles. The van der Waals surface area contributed by atoms with E-state index in [1.165, 1.54) is 11.1 Å². The summed E-state index contributed by atoms with van der Waals surface area (Å²) >= 11 is 0. The smallest absolute Gasteiger partial charge is 0.202 e. The van der Waals surface area contributed by atoms with Crippen molar-refractivity contribution in [3.8, 4) is 0 Å². The average Bonchev–Trinajstić information content (AvgIpc) is 1.84. The second-order valence-electron chi connectivity index (χ2n) is 1.31. The molecule has 8 heavy (non-hydrogen) atoms. The topological polar surface area (TPSA) is 35.8 Å². The Morgan fingerprint density at radius 2 is 2.38 bits per heavy atom. The van der Waals surface area contributed by atoms with Gasteiger partial charge in [0.2, 0.25) is 5.88 Å². The molecular formula is C5H10N2O. The van der Waals surface area contributed by atoms with E-state index in [-0.39, 0.29) is 5.88 Å². The van der Waals surface area contributed by atoms with E-state index in [1.54, 1.807) is 14.0 Å². The molecule has 3 nitrogen and oxygen atoms in total. The van der Waals surface area contributed by atoms with Crippen molar-refractivity contribution in [3.05, 3.63) is 12.0 Å². The summed E-state index contributed by atoms with van der Waals surface area (Å²) < 4.78 is 0. The molecule has 46 valence electrons. The van der Waals surface area contributed by atoms with Gasteiger partial charge in [-0.05, 0) is 13.0 Å². The highest BCUT2D eigenvalue weighted by Crippen LogP contribution is 1.93. The summed E-state index contributed by atoms with van der Waals surface area (Å²) in [5, 5.41) is 13.5. The Morgan fingerprint density at radius 3 is 2.50 bits per heavy atom. The van der Waals surface area contributed by atoms with Crippen LogP contribution in [0.4, 0.5) is 0 Å². The third-order valence-corrected chi connectivity index (χ3v) is 0.802. The van der Waals surface area contributed by atoms with Gasteiger partial charge >= 0.3 is 0 Å². The van der Waals surface area contributed by atoms with E-state index in [9.17, 15) is 0 Å². The fraction of sp³-hybridized carbons (Fsp3) is 0.400. The van der Waals surface area contributed by atoms with E-state index in [0.29, 0.717) is 0 Å². The van der Waals surface area contributed by atoms with Gasteiger partial charge in [-0.1, -0.05) is 0 Å². The highest BCUT2D eigenvalue weighted by Gasteiger charge is 1.91. The lowest BCUT2D eigenvalue weighted by Crippen LogP contribution is -2.08. The van der Waals surface area contributed by atoms with E-state index in [1.807, 2.05) is 0 Å². The van der Waals surface area contributed by atoms with Crippen molar-refractivity contribution in [2.75, 3.05) is 7.05 Å². The molecule has 0 rings (SSSR count). The predicted octanol–water partition coefficient (Wildman–Crippen LogP) is 0.953. The Bertz CT molecular complexity index is 109. The summed E-state index contributed by atoms with van der Waals surface area (Å²) in [6.45, 7) is 4.92. The number of hydrazone groups is 1. The van der Waals surface area contributed by atoms with Crippen LogP contribution >= 0.6 is 0 Å².